The minimum Gasteiger partial charge on any atom is -0.455 e. The lowest BCUT2D eigenvalue weighted by molar-refractivity contribution is 0.486. The van der Waals surface area contributed by atoms with Crippen LogP contribution >= 0.6 is 46.4 Å². The largest absolute Gasteiger partial charge is 0.455 e. The lowest BCUT2D eigenvalue weighted by atomic mass is 9.87. The SMILES string of the molecule is Cc1ccc2c(CCCl)c3ccccc3c(CCCl)c2c1Oc1c(C)ccc2c(CCCl)c3ccccc3c(CCCl)c12. The molecule has 0 aliphatic heterocycles. The molecule has 6 aromatic carbocycles. The van der Waals surface area contributed by atoms with Crippen LogP contribution < -0.4 is 4.74 Å². The van der Waals surface area contributed by atoms with Gasteiger partial charge in [0.15, 0.2) is 0 Å². The highest BCUT2D eigenvalue weighted by atomic mass is 35.5. The zero-order valence-electron chi connectivity index (χ0n) is 24.5. The van der Waals surface area contributed by atoms with Crippen molar-refractivity contribution in [1.82, 2.24) is 0 Å². The molecule has 0 fully saturated rings. The van der Waals surface area contributed by atoms with Crippen molar-refractivity contribution in [1.29, 1.82) is 0 Å². The summed E-state index contributed by atoms with van der Waals surface area (Å²) in [4.78, 5) is 0. The van der Waals surface area contributed by atoms with Gasteiger partial charge in [-0.1, -0.05) is 72.8 Å². The third-order valence-corrected chi connectivity index (χ3v) is 9.46. The van der Waals surface area contributed by atoms with Crippen LogP contribution in [0.25, 0.3) is 43.1 Å². The average molecular weight is 649 g/mol. The highest BCUT2D eigenvalue weighted by Gasteiger charge is 2.23. The van der Waals surface area contributed by atoms with Gasteiger partial charge in [0, 0.05) is 34.3 Å². The van der Waals surface area contributed by atoms with E-state index in [1.54, 1.807) is 0 Å². The standard InChI is InChI=1S/C38H34Cl4O/c1-23-11-13-31-29(15-19-39)25-7-3-5-9-27(25)33(17-21-41)35(31)37(23)43-38-24(2)12-14-32-30(16-20-40)26-8-4-6-10-28(26)34(18-22-42)36(32)38/h3-14H,15-22H2,1-2H3. The maximum Gasteiger partial charge on any atom is 0.138 e. The molecule has 0 atom stereocenters. The molecule has 0 radical (unpaired) electrons. The fourth-order valence-corrected chi connectivity index (χ4v) is 7.61. The molecule has 0 unspecified atom stereocenters. The number of hydrogen-bond acceptors (Lipinski definition) is 1. The molecule has 0 N–H and O–H groups in total. The Morgan fingerprint density at radius 3 is 1.09 bits per heavy atom. The molecule has 1 nitrogen and oxygen atoms in total. The van der Waals surface area contributed by atoms with E-state index in [1.165, 1.54) is 54.6 Å². The minimum atomic E-state index is 0.516. The number of alkyl halides is 4. The first-order valence-corrected chi connectivity index (χ1v) is 17.0. The fraction of sp³-hybridized carbons (Fsp3) is 0.263. The molecule has 0 aliphatic rings. The van der Waals surface area contributed by atoms with Gasteiger partial charge >= 0.3 is 0 Å². The summed E-state index contributed by atoms with van der Waals surface area (Å²) in [6.07, 6.45) is 3.00. The number of fused-ring (bicyclic) bond motifs is 4. The summed E-state index contributed by atoms with van der Waals surface area (Å²) in [5, 5.41) is 9.47. The van der Waals surface area contributed by atoms with Crippen molar-refractivity contribution in [2.24, 2.45) is 0 Å². The van der Waals surface area contributed by atoms with Gasteiger partial charge in [-0.2, -0.15) is 0 Å². The Bertz CT molecular complexity index is 1830. The number of rotatable bonds is 10. The van der Waals surface area contributed by atoms with E-state index in [2.05, 4.69) is 86.6 Å². The summed E-state index contributed by atoms with van der Waals surface area (Å²) in [5.41, 5.74) is 7.07. The average Bonchev–Trinajstić information content (AvgIpc) is 3.02. The topological polar surface area (TPSA) is 9.23 Å². The van der Waals surface area contributed by atoms with Crippen LogP contribution in [0.1, 0.15) is 33.4 Å². The zero-order valence-corrected chi connectivity index (χ0v) is 27.5. The quantitative estimate of drug-likeness (QED) is 0.106. The lowest BCUT2D eigenvalue weighted by Crippen LogP contribution is -2.03. The van der Waals surface area contributed by atoms with Crippen molar-refractivity contribution in [2.75, 3.05) is 23.5 Å². The second kappa shape index (κ2) is 13.1. The van der Waals surface area contributed by atoms with Gasteiger partial charge in [0.2, 0.25) is 0 Å². The van der Waals surface area contributed by atoms with Crippen LogP contribution in [0.15, 0.2) is 72.8 Å². The van der Waals surface area contributed by atoms with E-state index < -0.39 is 0 Å². The van der Waals surface area contributed by atoms with E-state index in [0.717, 1.165) is 59.1 Å². The summed E-state index contributed by atoms with van der Waals surface area (Å²) < 4.78 is 7.25. The van der Waals surface area contributed by atoms with Gasteiger partial charge in [-0.25, -0.2) is 0 Å². The summed E-state index contributed by atoms with van der Waals surface area (Å²) in [6.45, 7) is 4.26. The van der Waals surface area contributed by atoms with Gasteiger partial charge in [0.25, 0.3) is 0 Å². The molecule has 0 spiro atoms. The van der Waals surface area contributed by atoms with Crippen LogP contribution in [-0.4, -0.2) is 23.5 Å². The van der Waals surface area contributed by atoms with Crippen molar-refractivity contribution < 1.29 is 4.74 Å². The van der Waals surface area contributed by atoms with Gasteiger partial charge in [-0.3, -0.25) is 0 Å². The van der Waals surface area contributed by atoms with Gasteiger partial charge in [0.05, 0.1) is 0 Å². The number of hydrogen-bond donors (Lipinski definition) is 0. The highest BCUT2D eigenvalue weighted by Crippen LogP contribution is 2.46. The zero-order chi connectivity index (χ0) is 30.1. The van der Waals surface area contributed by atoms with Crippen molar-refractivity contribution >= 4 is 89.5 Å². The summed E-state index contributed by atoms with van der Waals surface area (Å²) in [6, 6.07) is 26.0. The molecule has 43 heavy (non-hydrogen) atoms. The Hall–Kier alpha value is -2.68. The Kier molecular flexibility index (Phi) is 9.27. The molecule has 0 saturated carbocycles. The van der Waals surface area contributed by atoms with E-state index in [4.69, 9.17) is 51.1 Å². The molecule has 0 heterocycles. The van der Waals surface area contributed by atoms with E-state index in [0.29, 0.717) is 23.5 Å². The van der Waals surface area contributed by atoms with Crippen LogP contribution in [0.5, 0.6) is 11.5 Å². The Morgan fingerprint density at radius 2 is 0.744 bits per heavy atom. The maximum atomic E-state index is 7.25. The number of ether oxygens (including phenoxy) is 1. The summed E-state index contributed by atoms with van der Waals surface area (Å²) in [5.74, 6) is 3.86. The molecule has 5 heteroatoms. The minimum absolute atomic E-state index is 0.516. The third-order valence-electron chi connectivity index (χ3n) is 8.70. The first-order chi connectivity index (χ1) is 21.0. The van der Waals surface area contributed by atoms with E-state index >= 15 is 0 Å². The van der Waals surface area contributed by atoms with E-state index in [9.17, 15) is 0 Å². The lowest BCUT2D eigenvalue weighted by Gasteiger charge is -2.23. The van der Waals surface area contributed by atoms with Gasteiger partial charge in [0.1, 0.15) is 11.5 Å². The van der Waals surface area contributed by atoms with Crippen molar-refractivity contribution in [3.63, 3.8) is 0 Å². The van der Waals surface area contributed by atoms with Gasteiger partial charge in [-0.15, -0.1) is 46.4 Å². The van der Waals surface area contributed by atoms with E-state index in [-0.39, 0.29) is 0 Å². The Labute approximate surface area is 273 Å². The predicted molar refractivity (Wildman–Crippen MR) is 190 cm³/mol. The van der Waals surface area contributed by atoms with Crippen molar-refractivity contribution in [2.45, 2.75) is 39.5 Å². The summed E-state index contributed by atoms with van der Waals surface area (Å²) in [7, 11) is 0. The highest BCUT2D eigenvalue weighted by molar-refractivity contribution is 6.20. The number of aryl methyl sites for hydroxylation is 6. The molecular formula is C38H34Cl4O. The molecule has 0 saturated heterocycles. The number of benzene rings is 6. The molecule has 6 rings (SSSR count). The van der Waals surface area contributed by atoms with Crippen LogP contribution in [0.2, 0.25) is 0 Å². The molecule has 0 amide bonds. The maximum absolute atomic E-state index is 7.25. The Morgan fingerprint density at radius 1 is 0.419 bits per heavy atom. The monoisotopic (exact) mass is 646 g/mol. The molecule has 0 aromatic heterocycles. The van der Waals surface area contributed by atoms with Crippen LogP contribution in [0.4, 0.5) is 0 Å². The van der Waals surface area contributed by atoms with Crippen molar-refractivity contribution in [3.05, 3.63) is 106 Å². The molecule has 220 valence electrons. The molecule has 0 aliphatic carbocycles. The van der Waals surface area contributed by atoms with Crippen LogP contribution in [0, 0.1) is 13.8 Å². The van der Waals surface area contributed by atoms with E-state index in [1.807, 2.05) is 0 Å². The third kappa shape index (κ3) is 5.33. The van der Waals surface area contributed by atoms with Gasteiger partial charge in [-0.05, 0) is 105 Å². The second-order valence-corrected chi connectivity index (χ2v) is 12.6. The predicted octanol–water partition coefficient (Wildman–Crippen LogP) is 11.8. The van der Waals surface area contributed by atoms with Crippen molar-refractivity contribution in [3.8, 4) is 11.5 Å². The first-order valence-electron chi connectivity index (χ1n) is 14.9. The Balaban J connectivity index is 1.73. The number of halogens is 4. The smallest absolute Gasteiger partial charge is 0.138 e. The second-order valence-electron chi connectivity index (χ2n) is 11.1. The normalized spacial score (nSPS) is 11.8. The molecule has 6 aromatic rings. The van der Waals surface area contributed by atoms with Crippen LogP contribution in [0.3, 0.4) is 0 Å². The molecule has 0 bridgehead atoms. The fourth-order valence-electron chi connectivity index (χ4n) is 6.86. The van der Waals surface area contributed by atoms with Crippen LogP contribution in [-0.2, 0) is 25.7 Å². The van der Waals surface area contributed by atoms with Gasteiger partial charge < -0.3 is 4.74 Å². The first kappa shape index (κ1) is 30.4. The summed E-state index contributed by atoms with van der Waals surface area (Å²) >= 11 is 25.7. The molecular weight excluding hydrogens is 614 g/mol.